The Morgan fingerprint density at radius 2 is 2.25 bits per heavy atom. The lowest BCUT2D eigenvalue weighted by Crippen LogP contribution is -2.16. The van der Waals surface area contributed by atoms with E-state index in [9.17, 15) is 4.79 Å². The normalized spacial score (nSPS) is 14.0. The molecule has 1 aliphatic rings. The Kier molecular flexibility index (Phi) is 1.66. The van der Waals surface area contributed by atoms with Crippen LogP contribution in [0.4, 0.5) is 0 Å². The molecule has 0 saturated heterocycles. The summed E-state index contributed by atoms with van der Waals surface area (Å²) in [6, 6.07) is 1.62. The van der Waals surface area contributed by atoms with E-state index in [1.165, 1.54) is 6.20 Å². The van der Waals surface area contributed by atoms with Crippen molar-refractivity contribution in [3.63, 3.8) is 0 Å². The van der Waals surface area contributed by atoms with Crippen LogP contribution in [0, 0.1) is 0 Å². The summed E-state index contributed by atoms with van der Waals surface area (Å²) in [5.41, 5.74) is 0.499. The molecule has 0 N–H and O–H groups in total. The van der Waals surface area contributed by atoms with E-state index in [1.807, 2.05) is 0 Å². The lowest BCUT2D eigenvalue weighted by molar-refractivity contribution is 0.112. The summed E-state index contributed by atoms with van der Waals surface area (Å²) in [6.07, 6.45) is 2.19. The molecule has 4 nitrogen and oxygen atoms in total. The topological polar surface area (TPSA) is 48.4 Å². The monoisotopic (exact) mass is 165 g/mol. The highest BCUT2D eigenvalue weighted by Crippen LogP contribution is 2.27. The molecule has 0 fully saturated rings. The second-order valence-corrected chi connectivity index (χ2v) is 2.39. The first-order chi connectivity index (χ1) is 5.90. The molecule has 1 aromatic heterocycles. The van der Waals surface area contributed by atoms with E-state index in [1.54, 1.807) is 6.07 Å². The van der Waals surface area contributed by atoms with E-state index in [4.69, 9.17) is 9.47 Å². The van der Waals surface area contributed by atoms with E-state index in [0.29, 0.717) is 30.4 Å². The van der Waals surface area contributed by atoms with E-state index in [-0.39, 0.29) is 0 Å². The zero-order chi connectivity index (χ0) is 8.39. The summed E-state index contributed by atoms with van der Waals surface area (Å²) in [7, 11) is 0. The molecule has 0 aliphatic carbocycles. The molecule has 62 valence electrons. The maximum atomic E-state index is 10.4. The summed E-state index contributed by atoms with van der Waals surface area (Å²) in [6.45, 7) is 1.03. The molecule has 2 rings (SSSR count). The molecule has 2 heterocycles. The van der Waals surface area contributed by atoms with Gasteiger partial charge in [0.1, 0.15) is 13.2 Å². The first-order valence-electron chi connectivity index (χ1n) is 3.61. The summed E-state index contributed by atoms with van der Waals surface area (Å²) in [5.74, 6) is 1.01. The van der Waals surface area contributed by atoms with Gasteiger partial charge in [0, 0.05) is 11.8 Å². The maximum Gasteiger partial charge on any atom is 0.257 e. The Bertz CT molecular complexity index is 311. The van der Waals surface area contributed by atoms with Crippen molar-refractivity contribution < 1.29 is 14.3 Å². The number of hydrogen-bond acceptors (Lipinski definition) is 4. The Morgan fingerprint density at radius 1 is 1.42 bits per heavy atom. The van der Waals surface area contributed by atoms with Crippen LogP contribution in [-0.2, 0) is 0 Å². The van der Waals surface area contributed by atoms with Crippen molar-refractivity contribution in [1.82, 2.24) is 4.98 Å². The minimum Gasteiger partial charge on any atom is -0.484 e. The van der Waals surface area contributed by atoms with Gasteiger partial charge in [0.05, 0.1) is 0 Å². The molecule has 1 aliphatic heterocycles. The number of pyridine rings is 1. The van der Waals surface area contributed by atoms with E-state index in [2.05, 4.69) is 4.98 Å². The van der Waals surface area contributed by atoms with Gasteiger partial charge in [0.25, 0.3) is 5.88 Å². The molecule has 0 saturated carbocycles. The van der Waals surface area contributed by atoms with Gasteiger partial charge < -0.3 is 9.47 Å². The number of fused-ring (bicyclic) bond motifs is 1. The van der Waals surface area contributed by atoms with Gasteiger partial charge >= 0.3 is 0 Å². The van der Waals surface area contributed by atoms with Crippen LogP contribution in [0.3, 0.4) is 0 Å². The quantitative estimate of drug-likeness (QED) is 0.574. The molecule has 0 unspecified atom stereocenters. The first kappa shape index (κ1) is 7.09. The van der Waals surface area contributed by atoms with Crippen molar-refractivity contribution in [3.05, 3.63) is 17.8 Å². The number of ether oxygens (including phenoxy) is 2. The van der Waals surface area contributed by atoms with E-state index >= 15 is 0 Å². The van der Waals surface area contributed by atoms with Crippen LogP contribution in [0.2, 0.25) is 0 Å². The molecular formula is C8H7NO3. The molecule has 12 heavy (non-hydrogen) atoms. The summed E-state index contributed by atoms with van der Waals surface area (Å²) >= 11 is 0. The highest BCUT2D eigenvalue weighted by molar-refractivity contribution is 5.75. The number of hydrogen-bond donors (Lipinski definition) is 0. The van der Waals surface area contributed by atoms with Crippen molar-refractivity contribution >= 4 is 6.29 Å². The minimum atomic E-state index is 0.465. The second kappa shape index (κ2) is 2.81. The molecule has 0 atom stereocenters. The van der Waals surface area contributed by atoms with Crippen LogP contribution in [0.15, 0.2) is 12.3 Å². The highest BCUT2D eigenvalue weighted by Gasteiger charge is 2.12. The molecule has 4 heteroatoms. The van der Waals surface area contributed by atoms with Gasteiger partial charge in [-0.2, -0.15) is 0 Å². The van der Waals surface area contributed by atoms with Crippen molar-refractivity contribution in [2.24, 2.45) is 0 Å². The zero-order valence-electron chi connectivity index (χ0n) is 6.32. The third-order valence-corrected chi connectivity index (χ3v) is 1.56. The summed E-state index contributed by atoms with van der Waals surface area (Å²) in [4.78, 5) is 14.3. The number of aldehydes is 1. The SMILES string of the molecule is O=Cc1cnc2c(c1)OCCO2. The average Bonchev–Trinajstić information content (AvgIpc) is 2.17. The van der Waals surface area contributed by atoms with Crippen LogP contribution in [0.5, 0.6) is 11.6 Å². The van der Waals surface area contributed by atoms with Gasteiger partial charge in [0.2, 0.25) is 0 Å². The number of nitrogens with zero attached hydrogens (tertiary/aromatic N) is 1. The van der Waals surface area contributed by atoms with Gasteiger partial charge in [-0.3, -0.25) is 4.79 Å². The second-order valence-electron chi connectivity index (χ2n) is 2.39. The largest absolute Gasteiger partial charge is 0.484 e. The Morgan fingerprint density at radius 3 is 3.08 bits per heavy atom. The fourth-order valence-electron chi connectivity index (χ4n) is 1.01. The maximum absolute atomic E-state index is 10.4. The van der Waals surface area contributed by atoms with Crippen molar-refractivity contribution in [3.8, 4) is 11.6 Å². The number of carbonyl (C=O) groups is 1. The third-order valence-electron chi connectivity index (χ3n) is 1.56. The standard InChI is InChI=1S/C8H7NO3/c10-5-6-3-7-8(9-4-6)12-2-1-11-7/h3-5H,1-2H2. The van der Waals surface area contributed by atoms with Gasteiger partial charge in [-0.15, -0.1) is 0 Å². The van der Waals surface area contributed by atoms with E-state index in [0.717, 1.165) is 6.29 Å². The van der Waals surface area contributed by atoms with Gasteiger partial charge in [0.15, 0.2) is 12.0 Å². The molecule has 0 radical (unpaired) electrons. The highest BCUT2D eigenvalue weighted by atomic mass is 16.6. The molecule has 1 aromatic rings. The van der Waals surface area contributed by atoms with Gasteiger partial charge in [-0.25, -0.2) is 4.98 Å². The predicted molar refractivity (Wildman–Crippen MR) is 40.6 cm³/mol. The Balaban J connectivity index is 2.42. The number of rotatable bonds is 1. The van der Waals surface area contributed by atoms with Crippen molar-refractivity contribution in [2.45, 2.75) is 0 Å². The molecular weight excluding hydrogens is 158 g/mol. The molecule has 0 spiro atoms. The van der Waals surface area contributed by atoms with Crippen LogP contribution in [0.25, 0.3) is 0 Å². The lowest BCUT2D eigenvalue weighted by atomic mass is 10.3. The fraction of sp³-hybridized carbons (Fsp3) is 0.250. The summed E-state index contributed by atoms with van der Waals surface area (Å²) in [5, 5.41) is 0. The van der Waals surface area contributed by atoms with Gasteiger partial charge in [-0.05, 0) is 6.07 Å². The van der Waals surface area contributed by atoms with Crippen LogP contribution >= 0.6 is 0 Å². The zero-order valence-corrected chi connectivity index (χ0v) is 6.32. The van der Waals surface area contributed by atoms with Crippen LogP contribution in [-0.4, -0.2) is 24.5 Å². The molecule has 0 bridgehead atoms. The summed E-state index contributed by atoms with van der Waals surface area (Å²) < 4.78 is 10.4. The van der Waals surface area contributed by atoms with Gasteiger partial charge in [-0.1, -0.05) is 0 Å². The fourth-order valence-corrected chi connectivity index (χ4v) is 1.01. The van der Waals surface area contributed by atoms with Crippen LogP contribution in [0.1, 0.15) is 10.4 Å². The predicted octanol–water partition coefficient (Wildman–Crippen LogP) is 0.665. The van der Waals surface area contributed by atoms with E-state index < -0.39 is 0 Å². The smallest absolute Gasteiger partial charge is 0.257 e. The first-order valence-corrected chi connectivity index (χ1v) is 3.61. The third kappa shape index (κ3) is 1.11. The minimum absolute atomic E-state index is 0.465. The van der Waals surface area contributed by atoms with Crippen LogP contribution < -0.4 is 9.47 Å². The molecule has 0 aromatic carbocycles. The Hall–Kier alpha value is -1.58. The number of carbonyl (C=O) groups excluding carboxylic acids is 1. The molecule has 0 amide bonds. The number of aromatic nitrogens is 1. The van der Waals surface area contributed by atoms with Crippen molar-refractivity contribution in [2.75, 3.05) is 13.2 Å². The average molecular weight is 165 g/mol. The Labute approximate surface area is 69.1 Å². The van der Waals surface area contributed by atoms with Crippen molar-refractivity contribution in [1.29, 1.82) is 0 Å². The lowest BCUT2D eigenvalue weighted by Gasteiger charge is -2.16.